The Morgan fingerprint density at radius 1 is 1.14 bits per heavy atom. The van der Waals surface area contributed by atoms with Gasteiger partial charge in [-0.1, -0.05) is 37.3 Å². The molecule has 1 aliphatic rings. The van der Waals surface area contributed by atoms with Gasteiger partial charge >= 0.3 is 0 Å². The van der Waals surface area contributed by atoms with E-state index in [1.165, 1.54) is 5.56 Å². The van der Waals surface area contributed by atoms with E-state index >= 15 is 0 Å². The molecule has 2 aromatic rings. The van der Waals surface area contributed by atoms with Crippen molar-refractivity contribution in [1.29, 1.82) is 0 Å². The number of ether oxygens (including phenoxy) is 2. The fourth-order valence-corrected chi connectivity index (χ4v) is 4.56. The zero-order chi connectivity index (χ0) is 20.0. The molecule has 0 amide bonds. The zero-order valence-electron chi connectivity index (χ0n) is 17.4. The minimum absolute atomic E-state index is 0.0465. The molecule has 0 bridgehead atoms. The summed E-state index contributed by atoms with van der Waals surface area (Å²) in [7, 11) is 1.76. The predicted molar refractivity (Wildman–Crippen MR) is 112 cm³/mol. The normalized spacial score (nSPS) is 24.8. The summed E-state index contributed by atoms with van der Waals surface area (Å²) in [4.78, 5) is 0. The van der Waals surface area contributed by atoms with Crippen LogP contribution in [-0.2, 0) is 16.7 Å². The summed E-state index contributed by atoms with van der Waals surface area (Å²) in [5, 5.41) is 12.3. The zero-order valence-corrected chi connectivity index (χ0v) is 17.4. The van der Waals surface area contributed by atoms with Crippen LogP contribution in [0.15, 0.2) is 48.5 Å². The second kappa shape index (κ2) is 8.97. The lowest BCUT2D eigenvalue weighted by molar-refractivity contribution is -0.672. The Balaban J connectivity index is 1.78. The fraction of sp³-hybridized carbons (Fsp3) is 0.500. The lowest BCUT2D eigenvalue weighted by atomic mass is 9.66. The molecule has 0 unspecified atom stereocenters. The van der Waals surface area contributed by atoms with Gasteiger partial charge in [0.1, 0.15) is 18.0 Å². The maximum absolute atomic E-state index is 10.0. The Bertz CT molecular complexity index is 778. The first-order valence-electron chi connectivity index (χ1n) is 10.4. The van der Waals surface area contributed by atoms with Crippen LogP contribution in [0.5, 0.6) is 11.5 Å². The summed E-state index contributed by atoms with van der Waals surface area (Å²) < 4.78 is 11.9. The number of para-hydroxylation sites is 2. The number of hydrogen-bond acceptors (Lipinski definition) is 3. The van der Waals surface area contributed by atoms with Crippen molar-refractivity contribution in [2.24, 2.45) is 0 Å². The first kappa shape index (κ1) is 20.7. The fourth-order valence-electron chi connectivity index (χ4n) is 4.56. The quantitative estimate of drug-likeness (QED) is 0.681. The number of benzene rings is 2. The van der Waals surface area contributed by atoms with Gasteiger partial charge in [-0.25, -0.2) is 0 Å². The molecule has 3 rings (SSSR count). The highest BCUT2D eigenvalue weighted by atomic mass is 16.5. The van der Waals surface area contributed by atoms with Gasteiger partial charge in [-0.2, -0.15) is 0 Å². The van der Waals surface area contributed by atoms with Crippen molar-refractivity contribution in [1.82, 2.24) is 0 Å². The Labute approximate surface area is 168 Å². The number of nitrogens with two attached hydrogens (primary N) is 1. The number of aromatic hydroxyl groups is 1. The van der Waals surface area contributed by atoms with Gasteiger partial charge in [0.05, 0.1) is 19.3 Å². The van der Waals surface area contributed by atoms with Gasteiger partial charge in [-0.05, 0) is 44.4 Å². The summed E-state index contributed by atoms with van der Waals surface area (Å²) >= 11 is 0. The molecular formula is C24H34NO3+. The molecule has 28 heavy (non-hydrogen) atoms. The summed E-state index contributed by atoms with van der Waals surface area (Å²) in [6.45, 7) is 7.01. The van der Waals surface area contributed by atoms with E-state index in [4.69, 9.17) is 9.47 Å². The Morgan fingerprint density at radius 3 is 2.64 bits per heavy atom. The lowest BCUT2D eigenvalue weighted by Gasteiger charge is -2.46. The summed E-state index contributed by atoms with van der Waals surface area (Å²) in [6.07, 6.45) is 4.07. The number of quaternary nitrogens is 1. The molecule has 4 nitrogen and oxygen atoms in total. The van der Waals surface area contributed by atoms with Gasteiger partial charge in [0.25, 0.3) is 0 Å². The van der Waals surface area contributed by atoms with Crippen LogP contribution in [0, 0.1) is 0 Å². The van der Waals surface area contributed by atoms with Crippen LogP contribution in [0.3, 0.4) is 0 Å². The van der Waals surface area contributed by atoms with Gasteiger partial charge in [0.15, 0.2) is 0 Å². The molecule has 1 fully saturated rings. The summed E-state index contributed by atoms with van der Waals surface area (Å²) in [5.41, 5.74) is 2.23. The topological polar surface area (TPSA) is 55.3 Å². The third-order valence-corrected chi connectivity index (χ3v) is 6.35. The smallest absolute Gasteiger partial charge is 0.124 e. The van der Waals surface area contributed by atoms with E-state index in [-0.39, 0.29) is 11.0 Å². The van der Waals surface area contributed by atoms with E-state index in [1.807, 2.05) is 24.3 Å². The van der Waals surface area contributed by atoms with Crippen LogP contribution in [0.2, 0.25) is 0 Å². The summed E-state index contributed by atoms with van der Waals surface area (Å²) in [6, 6.07) is 16.0. The standard InChI is InChI=1S/C24H33NO3/c1-4-23(2)18-24(14-16-28-23,20-10-6-8-12-22(20)27-3)13-15-25-17-19-9-5-7-11-21(19)26/h5-12,25-26H,4,13-18H2,1-3H3/p+1/t23-,24+/m1/s1. The number of phenolic OH excluding ortho intramolecular Hbond substituents is 1. The van der Waals surface area contributed by atoms with Crippen molar-refractivity contribution in [3.8, 4) is 11.5 Å². The Morgan fingerprint density at radius 2 is 1.89 bits per heavy atom. The summed E-state index contributed by atoms with van der Waals surface area (Å²) in [5.74, 6) is 1.35. The molecule has 0 radical (unpaired) electrons. The lowest BCUT2D eigenvalue weighted by Crippen LogP contribution is -2.83. The molecule has 2 aromatic carbocycles. The van der Waals surface area contributed by atoms with Crippen molar-refractivity contribution in [2.45, 2.75) is 57.1 Å². The van der Waals surface area contributed by atoms with E-state index in [9.17, 15) is 5.11 Å². The van der Waals surface area contributed by atoms with Crippen molar-refractivity contribution in [2.75, 3.05) is 20.3 Å². The van der Waals surface area contributed by atoms with Crippen LogP contribution in [0.1, 0.15) is 50.7 Å². The van der Waals surface area contributed by atoms with Crippen LogP contribution in [0.25, 0.3) is 0 Å². The second-order valence-corrected chi connectivity index (χ2v) is 8.22. The van der Waals surface area contributed by atoms with E-state index in [1.54, 1.807) is 13.2 Å². The molecule has 4 heteroatoms. The highest BCUT2D eigenvalue weighted by Gasteiger charge is 2.44. The minimum atomic E-state index is -0.100. The van der Waals surface area contributed by atoms with Crippen molar-refractivity contribution < 1.29 is 19.9 Å². The highest BCUT2D eigenvalue weighted by Crippen LogP contribution is 2.47. The van der Waals surface area contributed by atoms with Gasteiger partial charge in [0.2, 0.25) is 0 Å². The minimum Gasteiger partial charge on any atom is -0.507 e. The van der Waals surface area contributed by atoms with E-state index in [2.05, 4.69) is 37.4 Å². The number of phenols is 1. The van der Waals surface area contributed by atoms with Crippen molar-refractivity contribution >= 4 is 0 Å². The van der Waals surface area contributed by atoms with Crippen molar-refractivity contribution in [3.05, 3.63) is 59.7 Å². The van der Waals surface area contributed by atoms with Gasteiger partial charge in [-0.15, -0.1) is 0 Å². The predicted octanol–water partition coefficient (Wildman–Crippen LogP) is 3.77. The first-order valence-corrected chi connectivity index (χ1v) is 10.4. The molecule has 1 aliphatic heterocycles. The van der Waals surface area contributed by atoms with Gasteiger partial charge < -0.3 is 19.9 Å². The maximum atomic E-state index is 10.0. The molecule has 0 spiro atoms. The molecule has 3 N–H and O–H groups in total. The van der Waals surface area contributed by atoms with Crippen molar-refractivity contribution in [3.63, 3.8) is 0 Å². The first-order chi connectivity index (χ1) is 13.5. The van der Waals surface area contributed by atoms with Crippen LogP contribution < -0.4 is 10.1 Å². The molecule has 0 aliphatic carbocycles. The molecule has 0 saturated carbocycles. The van der Waals surface area contributed by atoms with Gasteiger partial charge in [0, 0.05) is 29.6 Å². The third-order valence-electron chi connectivity index (χ3n) is 6.35. The largest absolute Gasteiger partial charge is 0.507 e. The van der Waals surface area contributed by atoms with Crippen LogP contribution >= 0.6 is 0 Å². The monoisotopic (exact) mass is 384 g/mol. The molecule has 2 atom stereocenters. The average Bonchev–Trinajstić information content (AvgIpc) is 2.72. The molecule has 1 saturated heterocycles. The Kier molecular flexibility index (Phi) is 6.63. The number of rotatable bonds is 8. The highest BCUT2D eigenvalue weighted by molar-refractivity contribution is 5.40. The second-order valence-electron chi connectivity index (χ2n) is 8.22. The Hall–Kier alpha value is -2.04. The molecular weight excluding hydrogens is 350 g/mol. The van der Waals surface area contributed by atoms with Gasteiger partial charge in [-0.3, -0.25) is 0 Å². The molecule has 152 valence electrons. The third kappa shape index (κ3) is 4.50. The number of hydrogen-bond donors (Lipinski definition) is 2. The van der Waals surface area contributed by atoms with E-state index in [0.717, 1.165) is 56.7 Å². The van der Waals surface area contributed by atoms with E-state index < -0.39 is 0 Å². The molecule has 0 aromatic heterocycles. The maximum Gasteiger partial charge on any atom is 0.124 e. The van der Waals surface area contributed by atoms with Crippen LogP contribution in [-0.4, -0.2) is 31.0 Å². The number of methoxy groups -OCH3 is 1. The van der Waals surface area contributed by atoms with E-state index in [0.29, 0.717) is 5.75 Å². The average molecular weight is 385 g/mol. The van der Waals surface area contributed by atoms with Crippen LogP contribution in [0.4, 0.5) is 0 Å². The molecule has 1 heterocycles. The SMILES string of the molecule is CC[C@]1(C)C[C@@](CC[NH2+]Cc2ccccc2O)(c2ccccc2OC)CCO1.